The van der Waals surface area contributed by atoms with Crippen molar-refractivity contribution in [2.45, 2.75) is 26.4 Å². The van der Waals surface area contributed by atoms with E-state index in [0.29, 0.717) is 24.5 Å². The van der Waals surface area contributed by atoms with E-state index in [4.69, 9.17) is 21.7 Å². The molecule has 0 saturated carbocycles. The summed E-state index contributed by atoms with van der Waals surface area (Å²) >= 11 is 5.13. The molecule has 1 aromatic carbocycles. The van der Waals surface area contributed by atoms with Gasteiger partial charge in [-0.1, -0.05) is 0 Å². The number of anilines is 1. The van der Waals surface area contributed by atoms with Crippen LogP contribution in [0.1, 0.15) is 20.8 Å². The fourth-order valence-electron chi connectivity index (χ4n) is 1.73. The Bertz CT molecular complexity index is 645. The lowest BCUT2D eigenvalue weighted by Gasteiger charge is -2.19. The molecule has 0 radical (unpaired) electrons. The fourth-order valence-corrected chi connectivity index (χ4v) is 1.94. The van der Waals surface area contributed by atoms with E-state index in [2.05, 4.69) is 16.0 Å². The van der Waals surface area contributed by atoms with Crippen LogP contribution >= 0.6 is 12.2 Å². The number of nitrogens with one attached hydrogen (secondary N) is 3. The molecule has 0 saturated heterocycles. The van der Waals surface area contributed by atoms with Crippen LogP contribution in [0.4, 0.5) is 16.2 Å². The van der Waals surface area contributed by atoms with Crippen molar-refractivity contribution in [3.8, 4) is 5.75 Å². The Morgan fingerprint density at radius 1 is 1.28 bits per heavy atom. The summed E-state index contributed by atoms with van der Waals surface area (Å²) in [6.07, 6.45) is -0.520. The number of nitro benzene ring substituents is 1. The van der Waals surface area contributed by atoms with E-state index in [1.165, 1.54) is 25.3 Å². The van der Waals surface area contributed by atoms with Gasteiger partial charge >= 0.3 is 6.09 Å². The van der Waals surface area contributed by atoms with E-state index < -0.39 is 16.6 Å². The highest BCUT2D eigenvalue weighted by molar-refractivity contribution is 7.80. The van der Waals surface area contributed by atoms with Gasteiger partial charge in [0.05, 0.1) is 17.7 Å². The zero-order chi connectivity index (χ0) is 19.0. The number of hydrogen-bond donors (Lipinski definition) is 3. The smallest absolute Gasteiger partial charge is 0.407 e. The number of amides is 1. The van der Waals surface area contributed by atoms with Crippen molar-refractivity contribution in [1.82, 2.24) is 10.6 Å². The summed E-state index contributed by atoms with van der Waals surface area (Å²) in [6.45, 7) is 5.97. The largest absolute Gasteiger partial charge is 0.495 e. The van der Waals surface area contributed by atoms with Crippen molar-refractivity contribution in [2.75, 3.05) is 25.5 Å². The van der Waals surface area contributed by atoms with Crippen molar-refractivity contribution < 1.29 is 19.2 Å². The topological polar surface area (TPSA) is 115 Å². The average molecular weight is 370 g/mol. The first-order valence-corrected chi connectivity index (χ1v) is 7.87. The van der Waals surface area contributed by atoms with Gasteiger partial charge in [-0.15, -0.1) is 0 Å². The van der Waals surface area contributed by atoms with Gasteiger partial charge in [0, 0.05) is 25.2 Å². The number of nitro groups is 1. The SMILES string of the molecule is COc1ccc([N+](=O)[O-])cc1NC(=S)NCCNC(=O)OC(C)(C)C. The Morgan fingerprint density at radius 3 is 2.48 bits per heavy atom. The van der Waals surface area contributed by atoms with Crippen LogP contribution in [0.2, 0.25) is 0 Å². The third-order valence-electron chi connectivity index (χ3n) is 2.72. The number of alkyl carbamates (subject to hydrolysis) is 1. The highest BCUT2D eigenvalue weighted by Gasteiger charge is 2.15. The molecule has 1 amide bonds. The highest BCUT2D eigenvalue weighted by Crippen LogP contribution is 2.28. The number of thiocarbonyl (C=S) groups is 1. The van der Waals surface area contributed by atoms with Gasteiger partial charge in [-0.3, -0.25) is 10.1 Å². The van der Waals surface area contributed by atoms with Gasteiger partial charge in [0.1, 0.15) is 11.4 Å². The molecule has 1 rings (SSSR count). The number of benzene rings is 1. The molecular formula is C15H22N4O5S. The Morgan fingerprint density at radius 2 is 1.92 bits per heavy atom. The summed E-state index contributed by atoms with van der Waals surface area (Å²) in [5.74, 6) is 0.418. The van der Waals surface area contributed by atoms with E-state index in [1.807, 2.05) is 0 Å². The first-order chi connectivity index (χ1) is 11.6. The first kappa shape index (κ1) is 20.4. The monoisotopic (exact) mass is 370 g/mol. The summed E-state index contributed by atoms with van der Waals surface area (Å²) in [7, 11) is 1.45. The lowest BCUT2D eigenvalue weighted by molar-refractivity contribution is -0.384. The van der Waals surface area contributed by atoms with Gasteiger partial charge in [0.15, 0.2) is 5.11 Å². The van der Waals surface area contributed by atoms with Crippen molar-refractivity contribution >= 4 is 34.8 Å². The predicted molar refractivity (Wildman–Crippen MR) is 98.1 cm³/mol. The minimum Gasteiger partial charge on any atom is -0.495 e. The number of hydrogen-bond acceptors (Lipinski definition) is 6. The quantitative estimate of drug-likeness (QED) is 0.303. The van der Waals surface area contributed by atoms with Gasteiger partial charge in [0.2, 0.25) is 0 Å². The number of methoxy groups -OCH3 is 1. The normalized spacial score (nSPS) is 10.6. The van der Waals surface area contributed by atoms with E-state index in [9.17, 15) is 14.9 Å². The molecule has 10 heteroatoms. The second-order valence-corrected chi connectivity index (χ2v) is 6.36. The molecule has 0 aromatic heterocycles. The lowest BCUT2D eigenvalue weighted by atomic mass is 10.2. The third kappa shape index (κ3) is 7.66. The third-order valence-corrected chi connectivity index (χ3v) is 2.97. The van der Waals surface area contributed by atoms with Crippen LogP contribution in [-0.4, -0.2) is 41.9 Å². The zero-order valence-corrected chi connectivity index (χ0v) is 15.4. The summed E-state index contributed by atoms with van der Waals surface area (Å²) < 4.78 is 10.2. The van der Waals surface area contributed by atoms with Crippen molar-refractivity contribution in [3.05, 3.63) is 28.3 Å². The molecule has 0 heterocycles. The maximum absolute atomic E-state index is 11.5. The highest BCUT2D eigenvalue weighted by atomic mass is 32.1. The van der Waals surface area contributed by atoms with Crippen LogP contribution in [0.25, 0.3) is 0 Å². The maximum Gasteiger partial charge on any atom is 0.407 e. The van der Waals surface area contributed by atoms with Crippen LogP contribution in [0.5, 0.6) is 5.75 Å². The second kappa shape index (κ2) is 9.02. The minimum atomic E-state index is -0.563. The molecule has 0 fully saturated rings. The minimum absolute atomic E-state index is 0.0855. The van der Waals surface area contributed by atoms with Gasteiger partial charge in [0.25, 0.3) is 5.69 Å². The maximum atomic E-state index is 11.5. The standard InChI is InChI=1S/C15H22N4O5S/c1-15(2,3)24-14(20)17-8-7-16-13(25)18-11-9-10(19(21)22)5-6-12(11)23-4/h5-6,9H,7-8H2,1-4H3,(H,17,20)(H2,16,18,25). The number of carbonyl (C=O) groups excluding carboxylic acids is 1. The molecule has 0 bridgehead atoms. The van der Waals surface area contributed by atoms with Crippen molar-refractivity contribution in [3.63, 3.8) is 0 Å². The van der Waals surface area contributed by atoms with Crippen LogP contribution in [0.15, 0.2) is 18.2 Å². The van der Waals surface area contributed by atoms with Gasteiger partial charge in [-0.05, 0) is 39.1 Å². The molecule has 0 atom stereocenters. The second-order valence-electron chi connectivity index (χ2n) is 5.95. The molecule has 0 aliphatic rings. The Hall–Kier alpha value is -2.62. The van der Waals surface area contributed by atoms with E-state index in [1.54, 1.807) is 20.8 Å². The summed E-state index contributed by atoms with van der Waals surface area (Å²) in [6, 6.07) is 4.14. The van der Waals surface area contributed by atoms with Gasteiger partial charge in [-0.2, -0.15) is 0 Å². The van der Waals surface area contributed by atoms with Gasteiger partial charge in [-0.25, -0.2) is 4.79 Å². The van der Waals surface area contributed by atoms with E-state index >= 15 is 0 Å². The molecule has 3 N–H and O–H groups in total. The number of nitrogens with zero attached hydrogens (tertiary/aromatic N) is 1. The Balaban J connectivity index is 2.48. The Labute approximate surface area is 151 Å². The molecule has 138 valence electrons. The van der Waals surface area contributed by atoms with E-state index in [-0.39, 0.29) is 10.8 Å². The van der Waals surface area contributed by atoms with Crippen molar-refractivity contribution in [2.24, 2.45) is 0 Å². The summed E-state index contributed by atoms with van der Waals surface area (Å²) in [5, 5.41) is 19.4. The van der Waals surface area contributed by atoms with Crippen LogP contribution < -0.4 is 20.7 Å². The van der Waals surface area contributed by atoms with Gasteiger partial charge < -0.3 is 25.4 Å². The Kier molecular flexibility index (Phi) is 7.37. The lowest BCUT2D eigenvalue weighted by Crippen LogP contribution is -2.39. The molecular weight excluding hydrogens is 348 g/mol. The molecule has 0 unspecified atom stereocenters. The average Bonchev–Trinajstić information content (AvgIpc) is 2.49. The molecule has 0 aliphatic heterocycles. The van der Waals surface area contributed by atoms with Crippen molar-refractivity contribution in [1.29, 1.82) is 0 Å². The summed E-state index contributed by atoms with van der Waals surface area (Å²) in [4.78, 5) is 21.8. The molecule has 25 heavy (non-hydrogen) atoms. The fraction of sp³-hybridized carbons (Fsp3) is 0.467. The number of non-ortho nitro benzene ring substituents is 1. The number of ether oxygens (including phenoxy) is 2. The molecule has 9 nitrogen and oxygen atoms in total. The van der Waals surface area contributed by atoms with E-state index in [0.717, 1.165) is 0 Å². The summed E-state index contributed by atoms with van der Waals surface area (Å²) in [5.41, 5.74) is -0.278. The van der Waals surface area contributed by atoms with Crippen LogP contribution in [0, 0.1) is 10.1 Å². The molecule has 0 spiro atoms. The van der Waals surface area contributed by atoms with Crippen LogP contribution in [0.3, 0.4) is 0 Å². The molecule has 1 aromatic rings. The first-order valence-electron chi connectivity index (χ1n) is 7.46. The number of rotatable bonds is 6. The molecule has 0 aliphatic carbocycles. The van der Waals surface area contributed by atoms with Crippen LogP contribution in [-0.2, 0) is 4.74 Å². The predicted octanol–water partition coefficient (Wildman–Crippen LogP) is 2.41. The number of carbonyl (C=O) groups is 1. The zero-order valence-electron chi connectivity index (χ0n) is 14.5.